The fraction of sp³-hybridized carbons (Fsp3) is 0.478. The van der Waals surface area contributed by atoms with Gasteiger partial charge in [0, 0.05) is 30.3 Å². The SMILES string of the molecule is C=NN(c1nc(Cl)nc(NCc2ccccc2Cl)c1C)[C@@H]1O[C@H](CO[C@](CO)(CCc2nn[nH]n2)P(=O)(O)O)[C@@H](O)[C@H]1O. The number of aromatic nitrogens is 6. The molecule has 1 aliphatic heterocycles. The minimum Gasteiger partial charge on any atom is -0.393 e. The lowest BCUT2D eigenvalue weighted by atomic mass is 10.1. The summed E-state index contributed by atoms with van der Waals surface area (Å²) in [5.74, 6) is 0.553. The van der Waals surface area contributed by atoms with E-state index < -0.39 is 57.1 Å². The maximum atomic E-state index is 12.4. The van der Waals surface area contributed by atoms with Crippen molar-refractivity contribution >= 4 is 49.2 Å². The number of rotatable bonds is 14. The summed E-state index contributed by atoms with van der Waals surface area (Å²) in [5, 5.41) is 50.8. The summed E-state index contributed by atoms with van der Waals surface area (Å²) in [6, 6.07) is 7.22. The van der Waals surface area contributed by atoms with Crippen LogP contribution in [0.3, 0.4) is 0 Å². The molecule has 0 spiro atoms. The summed E-state index contributed by atoms with van der Waals surface area (Å²) >= 11 is 12.4. The zero-order valence-electron chi connectivity index (χ0n) is 22.7. The van der Waals surface area contributed by atoms with Crippen molar-refractivity contribution in [3.05, 3.63) is 51.5 Å². The van der Waals surface area contributed by atoms with Crippen LogP contribution in [-0.4, -0.2) is 106 Å². The fourth-order valence-corrected chi connectivity index (χ4v) is 5.58. The molecular weight excluding hydrogens is 632 g/mol. The van der Waals surface area contributed by atoms with Crippen molar-refractivity contribution in [3.8, 4) is 0 Å². The van der Waals surface area contributed by atoms with E-state index in [1.54, 1.807) is 19.1 Å². The van der Waals surface area contributed by atoms with Crippen molar-refractivity contribution in [2.24, 2.45) is 5.10 Å². The van der Waals surface area contributed by atoms with Crippen molar-refractivity contribution in [1.82, 2.24) is 30.6 Å². The van der Waals surface area contributed by atoms with Gasteiger partial charge in [-0.3, -0.25) is 4.57 Å². The van der Waals surface area contributed by atoms with Crippen molar-refractivity contribution in [2.45, 2.75) is 56.2 Å². The van der Waals surface area contributed by atoms with Gasteiger partial charge in [0.05, 0.1) is 13.2 Å². The standard InChI is InChI=1S/C23H30Cl2N9O8P/c1-12-19(27-9-13-5-3-4-6-14(13)24)28-22(25)29-20(12)34(26-2)21-18(37)17(36)15(42-21)10-41-23(11-35,43(38,39)40)8-7-16-30-32-33-31-16/h3-6,15,17-18,21,35-37H,2,7-11H2,1H3,(H,27,28,29)(H2,38,39,40)(H,30,31,32,33)/t15-,17-,18-,21-,23-/m1/s1. The number of aliphatic hydroxyl groups is 3. The molecule has 0 amide bonds. The highest BCUT2D eigenvalue weighted by atomic mass is 35.5. The van der Waals surface area contributed by atoms with Crippen LogP contribution < -0.4 is 10.3 Å². The van der Waals surface area contributed by atoms with E-state index >= 15 is 0 Å². The van der Waals surface area contributed by atoms with E-state index in [4.69, 9.17) is 32.7 Å². The summed E-state index contributed by atoms with van der Waals surface area (Å²) in [6.07, 6.45) is -6.40. The Balaban J connectivity index is 1.52. The number of aryl methyl sites for hydroxylation is 1. The Bertz CT molecular complexity index is 1450. The molecule has 2 aromatic heterocycles. The van der Waals surface area contributed by atoms with Gasteiger partial charge in [-0.25, -0.2) is 9.99 Å². The van der Waals surface area contributed by atoms with Crippen molar-refractivity contribution < 1.29 is 39.1 Å². The molecule has 0 unspecified atom stereocenters. The molecule has 1 fully saturated rings. The highest BCUT2D eigenvalue weighted by molar-refractivity contribution is 7.53. The molecule has 43 heavy (non-hydrogen) atoms. The van der Waals surface area contributed by atoms with Gasteiger partial charge in [0.1, 0.15) is 24.1 Å². The number of nitrogens with zero attached hydrogens (tertiary/aromatic N) is 7. The Kier molecular flexibility index (Phi) is 10.7. The number of hydrazone groups is 1. The summed E-state index contributed by atoms with van der Waals surface area (Å²) in [7, 11) is -5.10. The van der Waals surface area contributed by atoms with Crippen LogP contribution in [0, 0.1) is 6.92 Å². The summed E-state index contributed by atoms with van der Waals surface area (Å²) < 4.78 is 23.7. The predicted molar refractivity (Wildman–Crippen MR) is 154 cm³/mol. The highest BCUT2D eigenvalue weighted by Gasteiger charge is 2.51. The fourth-order valence-electron chi connectivity index (χ4n) is 4.38. The smallest absolute Gasteiger partial charge is 0.359 e. The molecule has 5 atom stereocenters. The minimum atomic E-state index is -5.10. The molecule has 1 saturated heterocycles. The molecule has 0 aliphatic carbocycles. The molecule has 20 heteroatoms. The van der Waals surface area contributed by atoms with E-state index in [2.05, 4.69) is 47.7 Å². The number of benzene rings is 1. The van der Waals surface area contributed by atoms with Gasteiger partial charge < -0.3 is 39.9 Å². The number of nitrogens with one attached hydrogen (secondary N) is 2. The predicted octanol–water partition coefficient (Wildman–Crippen LogP) is 0.601. The third-order valence-corrected chi connectivity index (χ3v) is 8.96. The van der Waals surface area contributed by atoms with E-state index in [1.807, 2.05) is 12.1 Å². The van der Waals surface area contributed by atoms with Crippen molar-refractivity contribution in [1.29, 1.82) is 0 Å². The van der Waals surface area contributed by atoms with E-state index in [-0.39, 0.29) is 23.3 Å². The first-order valence-corrected chi connectivity index (χ1v) is 15.1. The number of H-pyrrole nitrogens is 1. The average Bonchev–Trinajstić information content (AvgIpc) is 3.59. The number of ether oxygens (including phenoxy) is 2. The average molecular weight is 662 g/mol. The van der Waals surface area contributed by atoms with Crippen LogP contribution >= 0.6 is 30.8 Å². The van der Waals surface area contributed by atoms with E-state index in [0.29, 0.717) is 22.9 Å². The first kappa shape index (κ1) is 33.1. The Morgan fingerprint density at radius 1 is 1.26 bits per heavy atom. The topological polar surface area (TPSA) is 245 Å². The van der Waals surface area contributed by atoms with Gasteiger partial charge >= 0.3 is 7.60 Å². The third-order valence-electron chi connectivity index (χ3n) is 6.87. The lowest BCUT2D eigenvalue weighted by Gasteiger charge is -2.33. The van der Waals surface area contributed by atoms with Gasteiger partial charge in [0.25, 0.3) is 0 Å². The summed E-state index contributed by atoms with van der Waals surface area (Å²) in [6.45, 7) is 3.78. The van der Waals surface area contributed by atoms with Gasteiger partial charge in [-0.15, -0.1) is 10.2 Å². The summed E-state index contributed by atoms with van der Waals surface area (Å²) in [5.41, 5.74) is 1.24. The zero-order valence-corrected chi connectivity index (χ0v) is 25.1. The molecule has 234 valence electrons. The largest absolute Gasteiger partial charge is 0.393 e. The molecule has 4 rings (SSSR count). The molecule has 3 heterocycles. The molecule has 7 N–H and O–H groups in total. The van der Waals surface area contributed by atoms with Crippen molar-refractivity contribution in [2.75, 3.05) is 23.5 Å². The van der Waals surface area contributed by atoms with Crippen LogP contribution in [0.25, 0.3) is 0 Å². The van der Waals surface area contributed by atoms with Crippen LogP contribution in [0.15, 0.2) is 29.4 Å². The molecule has 17 nitrogen and oxygen atoms in total. The Morgan fingerprint density at radius 2 is 2.00 bits per heavy atom. The van der Waals surface area contributed by atoms with Crippen LogP contribution in [-0.2, 0) is 27.0 Å². The molecule has 1 aromatic carbocycles. The zero-order chi connectivity index (χ0) is 31.4. The number of halogens is 2. The van der Waals surface area contributed by atoms with E-state index in [1.165, 1.54) is 0 Å². The van der Waals surface area contributed by atoms with Crippen LogP contribution in [0.2, 0.25) is 10.3 Å². The second kappa shape index (κ2) is 13.9. The lowest BCUT2D eigenvalue weighted by molar-refractivity contribution is -0.102. The lowest BCUT2D eigenvalue weighted by Crippen LogP contribution is -2.43. The first-order chi connectivity index (χ1) is 20.4. The third kappa shape index (κ3) is 7.29. The van der Waals surface area contributed by atoms with E-state index in [0.717, 1.165) is 10.6 Å². The van der Waals surface area contributed by atoms with Gasteiger partial charge in [-0.05, 0) is 36.6 Å². The second-order valence-corrected chi connectivity index (χ2v) is 12.2. The summed E-state index contributed by atoms with van der Waals surface area (Å²) in [4.78, 5) is 28.5. The highest BCUT2D eigenvalue weighted by Crippen LogP contribution is 2.53. The molecule has 0 radical (unpaired) electrons. The minimum absolute atomic E-state index is 0.0921. The maximum Gasteiger partial charge on any atom is 0.359 e. The van der Waals surface area contributed by atoms with Crippen LogP contribution in [0.4, 0.5) is 11.6 Å². The van der Waals surface area contributed by atoms with Crippen LogP contribution in [0.5, 0.6) is 0 Å². The quantitative estimate of drug-likeness (QED) is 0.0541. The normalized spacial score (nSPS) is 21.9. The molecule has 3 aromatic rings. The van der Waals surface area contributed by atoms with Crippen molar-refractivity contribution in [3.63, 3.8) is 0 Å². The van der Waals surface area contributed by atoms with E-state index in [9.17, 15) is 29.7 Å². The molecular formula is C23H30Cl2N9O8P. The number of hydrogen-bond acceptors (Lipinski definition) is 14. The molecule has 1 aliphatic rings. The van der Waals surface area contributed by atoms with Crippen LogP contribution in [0.1, 0.15) is 23.4 Å². The number of hydrogen-bond donors (Lipinski definition) is 7. The Hall–Kier alpha value is -2.83. The Morgan fingerprint density at radius 3 is 2.63 bits per heavy atom. The number of tetrazole rings is 1. The molecule has 0 bridgehead atoms. The number of anilines is 2. The molecule has 0 saturated carbocycles. The van der Waals surface area contributed by atoms with Gasteiger partial charge in [-0.1, -0.05) is 35.0 Å². The maximum absolute atomic E-state index is 12.4. The first-order valence-electron chi connectivity index (χ1n) is 12.7. The monoisotopic (exact) mass is 661 g/mol. The van der Waals surface area contributed by atoms with Gasteiger partial charge in [0.15, 0.2) is 23.2 Å². The second-order valence-electron chi connectivity index (χ2n) is 9.55. The Labute approximate surface area is 255 Å². The van der Waals surface area contributed by atoms with Gasteiger partial charge in [-0.2, -0.15) is 15.3 Å². The van der Waals surface area contributed by atoms with Gasteiger partial charge in [0.2, 0.25) is 5.28 Å². The number of aliphatic hydroxyl groups excluding tert-OH is 3. The number of aromatic amines is 1.